The topological polar surface area (TPSA) is 55.0 Å². The predicted octanol–water partition coefficient (Wildman–Crippen LogP) is 2.31. The molecule has 1 aromatic heterocycles. The van der Waals surface area contributed by atoms with Gasteiger partial charge in [0, 0.05) is 24.3 Å². The van der Waals surface area contributed by atoms with Crippen LogP contribution in [0, 0.1) is 5.92 Å². The van der Waals surface area contributed by atoms with Gasteiger partial charge in [0.2, 0.25) is 0 Å². The maximum absolute atomic E-state index is 5.94. The van der Waals surface area contributed by atoms with Crippen LogP contribution in [-0.2, 0) is 12.8 Å². The van der Waals surface area contributed by atoms with Crippen molar-refractivity contribution in [2.45, 2.75) is 57.4 Å². The minimum atomic E-state index is 0.558. The van der Waals surface area contributed by atoms with E-state index in [-0.39, 0.29) is 0 Å². The molecule has 2 aliphatic carbocycles. The molecule has 2 atom stereocenters. The molecule has 0 spiro atoms. The molecular weight excluding hydrogens is 248 g/mol. The molecular formula is C16H26N4. The lowest BCUT2D eigenvalue weighted by Gasteiger charge is -2.31. The summed E-state index contributed by atoms with van der Waals surface area (Å²) in [5.41, 5.74) is 8.62. The fourth-order valence-corrected chi connectivity index (χ4v) is 3.94. The van der Waals surface area contributed by atoms with Gasteiger partial charge in [-0.05, 0) is 51.0 Å². The smallest absolute Gasteiger partial charge is 0.135 e. The van der Waals surface area contributed by atoms with E-state index in [0.29, 0.717) is 12.0 Å². The Morgan fingerprint density at radius 1 is 1.15 bits per heavy atom. The zero-order valence-corrected chi connectivity index (χ0v) is 12.5. The molecule has 0 amide bonds. The van der Waals surface area contributed by atoms with Crippen LogP contribution in [0.5, 0.6) is 0 Å². The van der Waals surface area contributed by atoms with Crippen LogP contribution in [0.2, 0.25) is 0 Å². The zero-order valence-electron chi connectivity index (χ0n) is 12.5. The quantitative estimate of drug-likeness (QED) is 0.859. The summed E-state index contributed by atoms with van der Waals surface area (Å²) >= 11 is 0. The highest BCUT2D eigenvalue weighted by Gasteiger charge is 2.31. The molecule has 20 heavy (non-hydrogen) atoms. The highest BCUT2D eigenvalue weighted by atomic mass is 15.2. The van der Waals surface area contributed by atoms with Crippen molar-refractivity contribution in [3.8, 4) is 0 Å². The molecule has 1 aromatic rings. The van der Waals surface area contributed by atoms with Crippen LogP contribution in [0.3, 0.4) is 0 Å². The minimum Gasteiger partial charge on any atom is -0.356 e. The van der Waals surface area contributed by atoms with Gasteiger partial charge >= 0.3 is 0 Å². The van der Waals surface area contributed by atoms with Gasteiger partial charge in [-0.25, -0.2) is 9.97 Å². The highest BCUT2D eigenvalue weighted by Crippen LogP contribution is 2.33. The molecule has 3 rings (SSSR count). The Morgan fingerprint density at radius 3 is 2.85 bits per heavy atom. The van der Waals surface area contributed by atoms with Gasteiger partial charge in [-0.2, -0.15) is 0 Å². The number of hydrogen-bond donors (Lipinski definition) is 1. The summed E-state index contributed by atoms with van der Waals surface area (Å²) < 4.78 is 0. The van der Waals surface area contributed by atoms with Crippen molar-refractivity contribution in [2.75, 3.05) is 18.5 Å². The lowest BCUT2D eigenvalue weighted by Crippen LogP contribution is -2.39. The lowest BCUT2D eigenvalue weighted by molar-refractivity contribution is 0.471. The summed E-state index contributed by atoms with van der Waals surface area (Å²) in [5.74, 6) is 1.79. The third kappa shape index (κ3) is 2.53. The summed E-state index contributed by atoms with van der Waals surface area (Å²) in [5, 5.41) is 0. The van der Waals surface area contributed by atoms with Crippen LogP contribution >= 0.6 is 0 Å². The van der Waals surface area contributed by atoms with Gasteiger partial charge in [0.05, 0.1) is 0 Å². The van der Waals surface area contributed by atoms with E-state index in [1.54, 1.807) is 6.33 Å². The maximum Gasteiger partial charge on any atom is 0.135 e. The first-order valence-electron chi connectivity index (χ1n) is 8.07. The van der Waals surface area contributed by atoms with E-state index in [0.717, 1.165) is 19.4 Å². The molecule has 1 saturated carbocycles. The molecule has 2 N–H and O–H groups in total. The second-order valence-corrected chi connectivity index (χ2v) is 6.29. The second-order valence-electron chi connectivity index (χ2n) is 6.29. The molecule has 2 aliphatic rings. The van der Waals surface area contributed by atoms with Crippen LogP contribution in [-0.4, -0.2) is 29.6 Å². The molecule has 0 bridgehead atoms. The van der Waals surface area contributed by atoms with E-state index in [9.17, 15) is 0 Å². The highest BCUT2D eigenvalue weighted by molar-refractivity contribution is 5.49. The molecule has 0 saturated heterocycles. The number of fused-ring (bicyclic) bond motifs is 1. The Bertz CT molecular complexity index is 460. The van der Waals surface area contributed by atoms with Crippen LogP contribution < -0.4 is 10.6 Å². The van der Waals surface area contributed by atoms with Crippen molar-refractivity contribution >= 4 is 5.82 Å². The molecule has 0 aliphatic heterocycles. The van der Waals surface area contributed by atoms with Gasteiger partial charge in [-0.1, -0.05) is 12.8 Å². The molecule has 1 heterocycles. The van der Waals surface area contributed by atoms with Gasteiger partial charge in [-0.3, -0.25) is 0 Å². The van der Waals surface area contributed by atoms with Crippen LogP contribution in [0.25, 0.3) is 0 Å². The normalized spacial score (nSPS) is 26.1. The predicted molar refractivity (Wildman–Crippen MR) is 81.9 cm³/mol. The number of aromatic nitrogens is 2. The van der Waals surface area contributed by atoms with Crippen LogP contribution in [0.1, 0.15) is 49.8 Å². The van der Waals surface area contributed by atoms with Crippen LogP contribution in [0.15, 0.2) is 6.33 Å². The number of hydrogen-bond acceptors (Lipinski definition) is 4. The van der Waals surface area contributed by atoms with Crippen molar-refractivity contribution in [3.05, 3.63) is 17.6 Å². The summed E-state index contributed by atoms with van der Waals surface area (Å²) in [6.45, 7) is 0.794. The molecule has 0 radical (unpaired) electrons. The Labute approximate surface area is 121 Å². The second kappa shape index (κ2) is 6.08. The van der Waals surface area contributed by atoms with Gasteiger partial charge in [0.25, 0.3) is 0 Å². The van der Waals surface area contributed by atoms with E-state index in [1.807, 2.05) is 0 Å². The fourth-order valence-electron chi connectivity index (χ4n) is 3.94. The molecule has 4 nitrogen and oxygen atoms in total. The third-order valence-electron chi connectivity index (χ3n) is 5.11. The first-order chi connectivity index (χ1) is 9.81. The van der Waals surface area contributed by atoms with Gasteiger partial charge in [0.15, 0.2) is 0 Å². The van der Waals surface area contributed by atoms with Crippen molar-refractivity contribution in [3.63, 3.8) is 0 Å². The standard InChI is InChI=1S/C16H26N4/c1-20(15-9-5-6-12(15)10-17)16-13-7-3-2-4-8-14(13)18-11-19-16/h11-12,15H,2-10,17H2,1H3. The number of anilines is 1. The largest absolute Gasteiger partial charge is 0.356 e. The van der Waals surface area contributed by atoms with E-state index in [2.05, 4.69) is 21.9 Å². The number of rotatable bonds is 3. The third-order valence-corrected chi connectivity index (χ3v) is 5.11. The van der Waals surface area contributed by atoms with Gasteiger partial charge in [0.1, 0.15) is 12.1 Å². The Kier molecular flexibility index (Phi) is 4.20. The summed E-state index contributed by atoms with van der Waals surface area (Å²) in [4.78, 5) is 11.5. The summed E-state index contributed by atoms with van der Waals surface area (Å²) in [6.07, 6.45) is 11.7. The van der Waals surface area contributed by atoms with E-state index < -0.39 is 0 Å². The average Bonchev–Trinajstić information content (AvgIpc) is 2.82. The SMILES string of the molecule is CN(c1ncnc2c1CCCCC2)C1CCCC1CN. The van der Waals surface area contributed by atoms with Crippen molar-refractivity contribution in [1.82, 2.24) is 9.97 Å². The number of aryl methyl sites for hydroxylation is 1. The van der Waals surface area contributed by atoms with E-state index in [4.69, 9.17) is 5.73 Å². The molecule has 2 unspecified atom stereocenters. The zero-order chi connectivity index (χ0) is 13.9. The molecule has 0 aromatic carbocycles. The van der Waals surface area contributed by atoms with Gasteiger partial charge in [-0.15, -0.1) is 0 Å². The van der Waals surface area contributed by atoms with Gasteiger partial charge < -0.3 is 10.6 Å². The Hall–Kier alpha value is -1.16. The number of nitrogens with zero attached hydrogens (tertiary/aromatic N) is 3. The van der Waals surface area contributed by atoms with E-state index in [1.165, 1.54) is 55.6 Å². The monoisotopic (exact) mass is 274 g/mol. The summed E-state index contributed by atoms with van der Waals surface area (Å²) in [6, 6.07) is 0.558. The van der Waals surface area contributed by atoms with Crippen molar-refractivity contribution in [1.29, 1.82) is 0 Å². The van der Waals surface area contributed by atoms with Crippen LogP contribution in [0.4, 0.5) is 5.82 Å². The molecule has 110 valence electrons. The van der Waals surface area contributed by atoms with Crippen molar-refractivity contribution in [2.24, 2.45) is 11.7 Å². The molecule has 4 heteroatoms. The first-order valence-corrected chi connectivity index (χ1v) is 8.07. The number of nitrogens with two attached hydrogens (primary N) is 1. The Balaban J connectivity index is 1.89. The lowest BCUT2D eigenvalue weighted by atomic mass is 10.0. The minimum absolute atomic E-state index is 0.558. The molecule has 1 fully saturated rings. The maximum atomic E-state index is 5.94. The van der Waals surface area contributed by atoms with E-state index >= 15 is 0 Å². The summed E-state index contributed by atoms with van der Waals surface area (Å²) in [7, 11) is 2.20. The Morgan fingerprint density at radius 2 is 2.00 bits per heavy atom. The van der Waals surface area contributed by atoms with Crippen molar-refractivity contribution < 1.29 is 0 Å². The fraction of sp³-hybridized carbons (Fsp3) is 0.750. The first kappa shape index (κ1) is 13.8. The average molecular weight is 274 g/mol.